The van der Waals surface area contributed by atoms with Crippen LogP contribution in [-0.4, -0.2) is 26.2 Å². The van der Waals surface area contributed by atoms with Gasteiger partial charge in [-0.2, -0.15) is 0 Å². The molecule has 2 aromatic carbocycles. The molecule has 126 valence electrons. The molecule has 5 nitrogen and oxygen atoms in total. The Kier molecular flexibility index (Phi) is 4.81. The van der Waals surface area contributed by atoms with Crippen molar-refractivity contribution in [3.8, 4) is 17.2 Å². The van der Waals surface area contributed by atoms with Crippen molar-refractivity contribution >= 4 is 17.5 Å². The Labute approximate surface area is 145 Å². The maximum atomic E-state index is 12.5. The fourth-order valence-electron chi connectivity index (χ4n) is 2.54. The van der Waals surface area contributed by atoms with Crippen molar-refractivity contribution in [2.24, 2.45) is 0 Å². The molecule has 24 heavy (non-hydrogen) atoms. The first-order valence-corrected chi connectivity index (χ1v) is 8.00. The second-order valence-corrected chi connectivity index (χ2v) is 5.88. The summed E-state index contributed by atoms with van der Waals surface area (Å²) < 4.78 is 16.3. The molecule has 0 aromatic heterocycles. The van der Waals surface area contributed by atoms with E-state index >= 15 is 0 Å². The second-order valence-electron chi connectivity index (χ2n) is 5.44. The number of methoxy groups -OCH3 is 1. The number of amides is 1. The summed E-state index contributed by atoms with van der Waals surface area (Å²) in [7, 11) is 1.52. The zero-order valence-corrected chi connectivity index (χ0v) is 14.2. The number of ether oxygens (including phenoxy) is 3. The number of hydrogen-bond donors (Lipinski definition) is 1. The topological polar surface area (TPSA) is 56.8 Å². The molecule has 0 spiro atoms. The van der Waals surface area contributed by atoms with Crippen LogP contribution in [0.4, 0.5) is 0 Å². The lowest BCUT2D eigenvalue weighted by molar-refractivity contribution is 0.0936. The summed E-state index contributed by atoms with van der Waals surface area (Å²) in [6.07, 6.45) is 0. The molecule has 0 bridgehead atoms. The smallest absolute Gasteiger partial charge is 0.255 e. The van der Waals surface area contributed by atoms with Crippen LogP contribution in [0.25, 0.3) is 0 Å². The minimum atomic E-state index is -0.253. The molecule has 0 radical (unpaired) electrons. The predicted octanol–water partition coefficient (Wildman–Crippen LogP) is 3.61. The van der Waals surface area contributed by atoms with Crippen molar-refractivity contribution in [3.05, 3.63) is 52.5 Å². The molecule has 6 heteroatoms. The number of benzene rings is 2. The molecule has 0 aliphatic carbocycles. The van der Waals surface area contributed by atoms with Gasteiger partial charge in [0.15, 0.2) is 11.5 Å². The standard InChI is InChI=1S/C18H18ClNO4/c1-11(12-3-5-16-17(9-12)24-8-7-23-16)20-18(21)14-10-13(19)4-6-15(14)22-2/h3-6,9-11H,7-8H2,1-2H3,(H,20,21). The van der Waals surface area contributed by atoms with Gasteiger partial charge >= 0.3 is 0 Å². The van der Waals surface area contributed by atoms with Crippen LogP contribution in [0.5, 0.6) is 17.2 Å². The largest absolute Gasteiger partial charge is 0.496 e. The number of nitrogens with one attached hydrogen (secondary N) is 1. The van der Waals surface area contributed by atoms with Gasteiger partial charge in [-0.25, -0.2) is 0 Å². The quantitative estimate of drug-likeness (QED) is 0.918. The summed E-state index contributed by atoms with van der Waals surface area (Å²) in [5.74, 6) is 1.64. The van der Waals surface area contributed by atoms with Crippen molar-refractivity contribution in [2.45, 2.75) is 13.0 Å². The van der Waals surface area contributed by atoms with E-state index < -0.39 is 0 Å². The van der Waals surface area contributed by atoms with E-state index in [4.69, 9.17) is 25.8 Å². The molecule has 1 atom stereocenters. The monoisotopic (exact) mass is 347 g/mol. The minimum absolute atomic E-state index is 0.211. The Balaban J connectivity index is 1.78. The number of halogens is 1. The highest BCUT2D eigenvalue weighted by atomic mass is 35.5. The van der Waals surface area contributed by atoms with Gasteiger partial charge in [0.1, 0.15) is 19.0 Å². The van der Waals surface area contributed by atoms with Crippen molar-refractivity contribution in [1.29, 1.82) is 0 Å². The molecule has 1 aliphatic rings. The molecule has 2 aromatic rings. The molecule has 0 saturated heterocycles. The minimum Gasteiger partial charge on any atom is -0.496 e. The van der Waals surface area contributed by atoms with Gasteiger partial charge in [-0.15, -0.1) is 0 Å². The fraction of sp³-hybridized carbons (Fsp3) is 0.278. The summed E-state index contributed by atoms with van der Waals surface area (Å²) in [4.78, 5) is 12.5. The Hall–Kier alpha value is -2.40. The number of carbonyl (C=O) groups excluding carboxylic acids is 1. The number of rotatable bonds is 4. The van der Waals surface area contributed by atoms with E-state index in [9.17, 15) is 4.79 Å². The third-order valence-electron chi connectivity index (χ3n) is 3.82. The van der Waals surface area contributed by atoms with Crippen LogP contribution in [-0.2, 0) is 0 Å². The van der Waals surface area contributed by atoms with Gasteiger partial charge < -0.3 is 19.5 Å². The van der Waals surface area contributed by atoms with Crippen LogP contribution in [0.1, 0.15) is 28.9 Å². The van der Waals surface area contributed by atoms with E-state index in [-0.39, 0.29) is 11.9 Å². The van der Waals surface area contributed by atoms with Gasteiger partial charge in [0.05, 0.1) is 18.7 Å². The average molecular weight is 348 g/mol. The Morgan fingerprint density at radius 2 is 1.92 bits per heavy atom. The van der Waals surface area contributed by atoms with Gasteiger partial charge in [-0.1, -0.05) is 17.7 Å². The van der Waals surface area contributed by atoms with Gasteiger partial charge in [0.2, 0.25) is 0 Å². The van der Waals surface area contributed by atoms with E-state index in [1.54, 1.807) is 18.2 Å². The number of carbonyl (C=O) groups is 1. The summed E-state index contributed by atoms with van der Waals surface area (Å²) >= 11 is 5.98. The first kappa shape index (κ1) is 16.5. The predicted molar refractivity (Wildman–Crippen MR) is 91.3 cm³/mol. The van der Waals surface area contributed by atoms with Crippen LogP contribution >= 0.6 is 11.6 Å². The first-order chi connectivity index (χ1) is 11.6. The van der Waals surface area contributed by atoms with Crippen molar-refractivity contribution in [2.75, 3.05) is 20.3 Å². The summed E-state index contributed by atoms with van der Waals surface area (Å²) in [6, 6.07) is 10.4. The van der Waals surface area contributed by atoms with E-state index in [0.29, 0.717) is 35.3 Å². The number of hydrogen-bond acceptors (Lipinski definition) is 4. The lowest BCUT2D eigenvalue weighted by atomic mass is 10.1. The van der Waals surface area contributed by atoms with E-state index in [2.05, 4.69) is 5.32 Å². The molecule has 3 rings (SSSR count). The SMILES string of the molecule is COc1ccc(Cl)cc1C(=O)NC(C)c1ccc2c(c1)OCCO2. The van der Waals surface area contributed by atoms with Crippen LogP contribution in [0.3, 0.4) is 0 Å². The summed E-state index contributed by atoms with van der Waals surface area (Å²) in [5.41, 5.74) is 1.32. The molecule has 1 unspecified atom stereocenters. The first-order valence-electron chi connectivity index (χ1n) is 7.62. The third kappa shape index (κ3) is 3.41. The number of fused-ring (bicyclic) bond motifs is 1. The van der Waals surface area contributed by atoms with Crippen molar-refractivity contribution in [1.82, 2.24) is 5.32 Å². The lowest BCUT2D eigenvalue weighted by Gasteiger charge is -2.21. The van der Waals surface area contributed by atoms with Crippen LogP contribution in [0.15, 0.2) is 36.4 Å². The van der Waals surface area contributed by atoms with E-state index in [1.165, 1.54) is 7.11 Å². The Morgan fingerprint density at radius 3 is 2.67 bits per heavy atom. The fourth-order valence-corrected chi connectivity index (χ4v) is 2.72. The molecule has 0 fully saturated rings. The summed E-state index contributed by atoms with van der Waals surface area (Å²) in [5, 5.41) is 3.43. The lowest BCUT2D eigenvalue weighted by Crippen LogP contribution is -2.27. The molecule has 1 N–H and O–H groups in total. The summed E-state index contributed by atoms with van der Waals surface area (Å²) in [6.45, 7) is 2.98. The second kappa shape index (κ2) is 7.01. The van der Waals surface area contributed by atoms with Gasteiger partial charge in [0, 0.05) is 5.02 Å². The Bertz CT molecular complexity index is 763. The molecular weight excluding hydrogens is 330 g/mol. The third-order valence-corrected chi connectivity index (χ3v) is 4.06. The molecule has 1 aliphatic heterocycles. The molecule has 0 saturated carbocycles. The average Bonchev–Trinajstić information content (AvgIpc) is 2.61. The molecule has 1 amide bonds. The van der Waals surface area contributed by atoms with E-state index in [1.807, 2.05) is 25.1 Å². The zero-order chi connectivity index (χ0) is 17.1. The maximum Gasteiger partial charge on any atom is 0.255 e. The van der Waals surface area contributed by atoms with Crippen LogP contribution < -0.4 is 19.5 Å². The normalized spacial score (nSPS) is 14.0. The highest BCUT2D eigenvalue weighted by Gasteiger charge is 2.18. The van der Waals surface area contributed by atoms with Crippen molar-refractivity contribution in [3.63, 3.8) is 0 Å². The van der Waals surface area contributed by atoms with E-state index in [0.717, 1.165) is 11.3 Å². The van der Waals surface area contributed by atoms with Crippen LogP contribution in [0, 0.1) is 0 Å². The maximum absolute atomic E-state index is 12.5. The van der Waals surface area contributed by atoms with Crippen LogP contribution in [0.2, 0.25) is 5.02 Å². The zero-order valence-electron chi connectivity index (χ0n) is 13.5. The molecular formula is C18H18ClNO4. The molecule has 1 heterocycles. The highest BCUT2D eigenvalue weighted by Crippen LogP contribution is 2.32. The Morgan fingerprint density at radius 1 is 1.17 bits per heavy atom. The van der Waals surface area contributed by atoms with Gasteiger partial charge in [0.25, 0.3) is 5.91 Å². The van der Waals surface area contributed by atoms with Gasteiger partial charge in [-0.3, -0.25) is 4.79 Å². The van der Waals surface area contributed by atoms with Crippen molar-refractivity contribution < 1.29 is 19.0 Å². The van der Waals surface area contributed by atoms with Gasteiger partial charge in [-0.05, 0) is 42.8 Å². The highest BCUT2D eigenvalue weighted by molar-refractivity contribution is 6.31.